The average molecular weight is 334 g/mol. The first-order chi connectivity index (χ1) is 10.7. The van der Waals surface area contributed by atoms with Crippen molar-refractivity contribution < 1.29 is 31.1 Å². The van der Waals surface area contributed by atoms with E-state index in [2.05, 4.69) is 10.3 Å². The molecule has 0 atom stereocenters. The number of hydrogen-bond donors (Lipinski definition) is 1. The lowest BCUT2D eigenvalue weighted by Gasteiger charge is -2.11. The van der Waals surface area contributed by atoms with Crippen molar-refractivity contribution in [2.45, 2.75) is 12.6 Å². The molecule has 0 radical (unpaired) electrons. The number of pyridine rings is 1. The Kier molecular flexibility index (Phi) is 4.57. The number of carbonyl (C=O) groups excluding carboxylic acids is 1. The molecule has 1 heterocycles. The van der Waals surface area contributed by atoms with E-state index in [1.165, 1.54) is 0 Å². The first-order valence-corrected chi connectivity index (χ1v) is 6.14. The van der Waals surface area contributed by atoms with Crippen LogP contribution in [0.4, 0.5) is 32.0 Å². The van der Waals surface area contributed by atoms with Crippen LogP contribution in [-0.4, -0.2) is 10.9 Å². The van der Waals surface area contributed by atoms with Crippen LogP contribution in [0.15, 0.2) is 30.5 Å². The fourth-order valence-electron chi connectivity index (χ4n) is 1.80. The van der Waals surface area contributed by atoms with Crippen molar-refractivity contribution in [2.24, 2.45) is 0 Å². The van der Waals surface area contributed by atoms with Crippen molar-refractivity contribution in [1.29, 1.82) is 0 Å². The predicted octanol–water partition coefficient (Wildman–Crippen LogP) is 3.70. The van der Waals surface area contributed by atoms with E-state index in [-0.39, 0.29) is 5.69 Å². The van der Waals surface area contributed by atoms with Crippen LogP contribution in [0, 0.1) is 17.6 Å². The van der Waals surface area contributed by atoms with E-state index in [9.17, 15) is 31.1 Å². The lowest BCUT2D eigenvalue weighted by atomic mass is 10.1. The summed E-state index contributed by atoms with van der Waals surface area (Å²) < 4.78 is 77.0. The summed E-state index contributed by atoms with van der Waals surface area (Å²) in [5.41, 5.74) is -2.17. The van der Waals surface area contributed by atoms with E-state index in [1.54, 1.807) is 0 Å². The Balaban J connectivity index is 2.16. The van der Waals surface area contributed by atoms with Gasteiger partial charge < -0.3 is 5.32 Å². The molecule has 0 bridgehead atoms. The molecule has 1 amide bonds. The van der Waals surface area contributed by atoms with Crippen LogP contribution in [0.3, 0.4) is 0 Å². The highest BCUT2D eigenvalue weighted by Crippen LogP contribution is 2.32. The molecule has 2 aromatic rings. The number of halogens is 6. The molecule has 23 heavy (non-hydrogen) atoms. The number of hydrogen-bond acceptors (Lipinski definition) is 2. The third-order valence-electron chi connectivity index (χ3n) is 2.82. The minimum atomic E-state index is -4.89. The Morgan fingerprint density at radius 2 is 1.87 bits per heavy atom. The molecule has 0 saturated heterocycles. The maximum atomic E-state index is 13.8. The molecule has 3 nitrogen and oxygen atoms in total. The van der Waals surface area contributed by atoms with Crippen LogP contribution in [-0.2, 0) is 17.4 Å². The molecular formula is C14H8F6N2O. The summed E-state index contributed by atoms with van der Waals surface area (Å²) in [6.07, 6.45) is -4.78. The lowest BCUT2D eigenvalue weighted by molar-refractivity contribution is -0.140. The average Bonchev–Trinajstić information content (AvgIpc) is 2.44. The second-order valence-corrected chi connectivity index (χ2v) is 4.50. The molecule has 0 fully saturated rings. The third kappa shape index (κ3) is 3.99. The summed E-state index contributed by atoms with van der Waals surface area (Å²) >= 11 is 0. The predicted molar refractivity (Wildman–Crippen MR) is 67.9 cm³/mol. The van der Waals surface area contributed by atoms with Crippen LogP contribution in [0.5, 0.6) is 0 Å². The van der Waals surface area contributed by atoms with Gasteiger partial charge in [-0.05, 0) is 11.6 Å². The number of aromatic nitrogens is 1. The van der Waals surface area contributed by atoms with Crippen molar-refractivity contribution in [3.63, 3.8) is 0 Å². The zero-order valence-electron chi connectivity index (χ0n) is 11.2. The molecule has 0 aliphatic heterocycles. The minimum Gasteiger partial charge on any atom is -0.324 e. The zero-order chi connectivity index (χ0) is 17.2. The van der Waals surface area contributed by atoms with Crippen LogP contribution < -0.4 is 5.32 Å². The van der Waals surface area contributed by atoms with Crippen LogP contribution >= 0.6 is 0 Å². The summed E-state index contributed by atoms with van der Waals surface area (Å²) in [6.45, 7) is 0. The molecule has 0 aliphatic carbocycles. The number of nitrogens with one attached hydrogen (secondary N) is 1. The fraction of sp³-hybridized carbons (Fsp3) is 0.143. The largest absolute Gasteiger partial charge is 0.419 e. The summed E-state index contributed by atoms with van der Waals surface area (Å²) in [7, 11) is 0. The first kappa shape index (κ1) is 16.8. The molecule has 0 saturated carbocycles. The van der Waals surface area contributed by atoms with E-state index >= 15 is 0 Å². The van der Waals surface area contributed by atoms with E-state index in [1.807, 2.05) is 0 Å². The van der Waals surface area contributed by atoms with Gasteiger partial charge >= 0.3 is 6.18 Å². The van der Waals surface area contributed by atoms with Gasteiger partial charge in [0.1, 0.15) is 5.82 Å². The fourth-order valence-corrected chi connectivity index (χ4v) is 1.80. The van der Waals surface area contributed by atoms with Gasteiger partial charge in [-0.1, -0.05) is 12.1 Å². The van der Waals surface area contributed by atoms with Gasteiger partial charge in [-0.15, -0.1) is 0 Å². The number of carbonyl (C=O) groups is 1. The van der Waals surface area contributed by atoms with Gasteiger partial charge in [0.25, 0.3) is 0 Å². The van der Waals surface area contributed by atoms with Crippen molar-refractivity contribution >= 4 is 11.6 Å². The van der Waals surface area contributed by atoms with Crippen LogP contribution in [0.25, 0.3) is 0 Å². The lowest BCUT2D eigenvalue weighted by Crippen LogP contribution is -2.17. The van der Waals surface area contributed by atoms with Crippen molar-refractivity contribution in [1.82, 2.24) is 4.98 Å². The smallest absolute Gasteiger partial charge is 0.324 e. The number of alkyl halides is 3. The van der Waals surface area contributed by atoms with Crippen molar-refractivity contribution in [3.05, 3.63) is 59.2 Å². The standard InChI is InChI=1S/C14H8F6N2O/c15-10-5-8(6-21-13(10)17)22-11(23)4-7-2-1-3-9(12(7)16)14(18,19)20/h1-3,5-6H,4H2,(H,22,23). The van der Waals surface area contributed by atoms with Gasteiger partial charge in [0.05, 0.1) is 23.9 Å². The number of anilines is 1. The highest BCUT2D eigenvalue weighted by molar-refractivity contribution is 5.92. The maximum absolute atomic E-state index is 13.8. The Labute approximate surface area is 126 Å². The highest BCUT2D eigenvalue weighted by atomic mass is 19.4. The second-order valence-electron chi connectivity index (χ2n) is 4.50. The molecule has 122 valence electrons. The Bertz CT molecular complexity index is 745. The van der Waals surface area contributed by atoms with Gasteiger partial charge in [0.15, 0.2) is 5.82 Å². The summed E-state index contributed by atoms with van der Waals surface area (Å²) in [6, 6.07) is 3.18. The molecule has 1 aromatic carbocycles. The SMILES string of the molecule is O=C(Cc1cccc(C(F)(F)F)c1F)Nc1cnc(F)c(F)c1. The van der Waals surface area contributed by atoms with Gasteiger partial charge in [0, 0.05) is 6.07 Å². The molecule has 9 heteroatoms. The number of nitrogens with zero attached hydrogens (tertiary/aromatic N) is 1. The maximum Gasteiger partial charge on any atom is 0.419 e. The summed E-state index contributed by atoms with van der Waals surface area (Å²) in [5, 5.41) is 2.09. The molecule has 0 unspecified atom stereocenters. The normalized spacial score (nSPS) is 11.4. The molecule has 1 N–H and O–H groups in total. The number of rotatable bonds is 3. The van der Waals surface area contributed by atoms with Crippen LogP contribution in [0.1, 0.15) is 11.1 Å². The zero-order valence-corrected chi connectivity index (χ0v) is 11.2. The third-order valence-corrected chi connectivity index (χ3v) is 2.82. The first-order valence-electron chi connectivity index (χ1n) is 6.14. The second kappa shape index (κ2) is 6.27. The molecule has 0 aliphatic rings. The monoisotopic (exact) mass is 334 g/mol. The Morgan fingerprint density at radius 1 is 1.17 bits per heavy atom. The number of amides is 1. The molecule has 0 spiro atoms. The van der Waals surface area contributed by atoms with E-state index in [4.69, 9.17) is 0 Å². The minimum absolute atomic E-state index is 0.207. The Morgan fingerprint density at radius 3 is 2.48 bits per heavy atom. The van der Waals surface area contributed by atoms with E-state index in [0.29, 0.717) is 12.1 Å². The summed E-state index contributed by atoms with van der Waals surface area (Å²) in [5.74, 6) is -5.14. The van der Waals surface area contributed by atoms with Gasteiger partial charge in [-0.2, -0.15) is 17.6 Å². The van der Waals surface area contributed by atoms with Gasteiger partial charge in [-0.25, -0.2) is 13.8 Å². The van der Waals surface area contributed by atoms with Crippen molar-refractivity contribution in [2.75, 3.05) is 5.32 Å². The van der Waals surface area contributed by atoms with Gasteiger partial charge in [0.2, 0.25) is 11.9 Å². The van der Waals surface area contributed by atoms with E-state index < -0.39 is 47.2 Å². The van der Waals surface area contributed by atoms with Gasteiger partial charge in [-0.3, -0.25) is 4.79 Å². The number of benzene rings is 1. The Hall–Kier alpha value is -2.58. The van der Waals surface area contributed by atoms with E-state index in [0.717, 1.165) is 18.3 Å². The molecule has 1 aromatic heterocycles. The topological polar surface area (TPSA) is 42.0 Å². The molecular weight excluding hydrogens is 326 g/mol. The van der Waals surface area contributed by atoms with Crippen LogP contribution in [0.2, 0.25) is 0 Å². The quantitative estimate of drug-likeness (QED) is 0.687. The highest BCUT2D eigenvalue weighted by Gasteiger charge is 2.34. The molecule has 2 rings (SSSR count). The summed E-state index contributed by atoms with van der Waals surface area (Å²) in [4.78, 5) is 14.7. The van der Waals surface area contributed by atoms with Crippen molar-refractivity contribution in [3.8, 4) is 0 Å².